The van der Waals surface area contributed by atoms with E-state index >= 15 is 0 Å². The van der Waals surface area contributed by atoms with Gasteiger partial charge in [0.1, 0.15) is 48.5 Å². The quantitative estimate of drug-likeness (QED) is 0.0731. The van der Waals surface area contributed by atoms with Crippen molar-refractivity contribution in [3.8, 4) is 0 Å². The van der Waals surface area contributed by atoms with Crippen molar-refractivity contribution >= 4 is 49.7 Å². The van der Waals surface area contributed by atoms with Crippen LogP contribution in [0.25, 0.3) is 22.3 Å². The number of nitrogens with zero attached hydrogens (tertiary/aromatic N) is 7. The number of aliphatic hydroxyl groups excluding tert-OH is 4. The van der Waals surface area contributed by atoms with Crippen LogP contribution in [-0.2, 0) is 32.0 Å². The van der Waals surface area contributed by atoms with Crippen molar-refractivity contribution in [3.05, 3.63) is 29.3 Å². The molecule has 6 rings (SSSR count). The molecule has 1 unspecified atom stereocenters. The fourth-order valence-corrected chi connectivity index (χ4v) is 7.31. The summed E-state index contributed by atoms with van der Waals surface area (Å²) in [4.78, 5) is 53.2. The summed E-state index contributed by atoms with van der Waals surface area (Å²) in [5.41, 5.74) is 10.6. The van der Waals surface area contributed by atoms with Crippen molar-refractivity contribution in [1.82, 2.24) is 39.0 Å². The van der Waals surface area contributed by atoms with E-state index in [9.17, 15) is 44.1 Å². The molecule has 2 saturated heterocycles. The normalized spacial score (nSPS) is 30.0. The number of ether oxygens (including phenoxy) is 2. The highest BCUT2D eigenvalue weighted by Crippen LogP contribution is 2.63. The first-order valence-corrected chi connectivity index (χ1v) is 16.0. The molecule has 2 fully saturated rings. The number of nitrogens with one attached hydrogen (secondary N) is 1. The standard InChI is InChI=1S/C20H26N10O14P2/c21-14-8-15(24-3-23-14)29(4-25-8)19-13(11(33)6(1-31)41-19)43-46(39,44-45(36,37)38)40-2-7-10(32)12(34)18(42-7)30-5-26-9-16(30)27-20(22)28-17(9)35/h3-7,10-13,18-19,31-34H,1-2H2,(H2,21,23,24)(H2,36,37,38)(H3,22,27,28,35)/t6-,7-,10-,11-,12-,13-,18-,19-,46?/m1/s1. The van der Waals surface area contributed by atoms with E-state index in [1.54, 1.807) is 0 Å². The first-order valence-electron chi connectivity index (χ1n) is 13.0. The molecule has 0 amide bonds. The minimum atomic E-state index is -5.65. The Labute approximate surface area is 254 Å². The summed E-state index contributed by atoms with van der Waals surface area (Å²) in [7, 11) is -11.1. The van der Waals surface area contributed by atoms with Gasteiger partial charge in [-0.15, -0.1) is 0 Å². The molecule has 0 spiro atoms. The number of fused-ring (bicyclic) bond motifs is 2. The average Bonchev–Trinajstić information content (AvgIpc) is 3.73. The number of hydrogen-bond donors (Lipinski definition) is 9. The monoisotopic (exact) mass is 692 g/mol. The molecule has 0 radical (unpaired) electrons. The lowest BCUT2D eigenvalue weighted by Crippen LogP contribution is -2.36. The molecule has 11 N–H and O–H groups in total. The van der Waals surface area contributed by atoms with E-state index in [-0.39, 0.29) is 34.1 Å². The summed E-state index contributed by atoms with van der Waals surface area (Å²) < 4.78 is 54.0. The number of aromatic amines is 1. The van der Waals surface area contributed by atoms with Gasteiger partial charge in [0.05, 0.1) is 25.9 Å². The summed E-state index contributed by atoms with van der Waals surface area (Å²) in [6.07, 6.45) is -9.66. The number of H-pyrrole nitrogens is 1. The van der Waals surface area contributed by atoms with Crippen LogP contribution in [0.4, 0.5) is 11.8 Å². The zero-order valence-electron chi connectivity index (χ0n) is 22.9. The topological polar surface area (TPSA) is 361 Å². The molecule has 0 aromatic carbocycles. The van der Waals surface area contributed by atoms with Crippen LogP contribution in [0.5, 0.6) is 0 Å². The van der Waals surface area contributed by atoms with Crippen molar-refractivity contribution < 1.29 is 62.2 Å². The number of anilines is 2. The highest BCUT2D eigenvalue weighted by atomic mass is 31.3. The van der Waals surface area contributed by atoms with Gasteiger partial charge in [0.25, 0.3) is 5.56 Å². The molecular weight excluding hydrogens is 666 g/mol. The molecule has 0 bridgehead atoms. The Balaban J connectivity index is 1.26. The summed E-state index contributed by atoms with van der Waals surface area (Å²) >= 11 is 0. The number of rotatable bonds is 10. The van der Waals surface area contributed by atoms with Crippen molar-refractivity contribution in [3.63, 3.8) is 0 Å². The third-order valence-corrected chi connectivity index (χ3v) is 9.69. The van der Waals surface area contributed by atoms with Crippen LogP contribution in [0, 0.1) is 0 Å². The van der Waals surface area contributed by atoms with Crippen molar-refractivity contribution in [2.75, 3.05) is 24.7 Å². The van der Waals surface area contributed by atoms with E-state index in [2.05, 4.69) is 34.2 Å². The maximum atomic E-state index is 13.7. The first kappa shape index (κ1) is 32.5. The molecule has 0 aliphatic carbocycles. The second-order valence-electron chi connectivity index (χ2n) is 10.0. The third-order valence-electron chi connectivity index (χ3n) is 7.07. The molecule has 4 aromatic heterocycles. The van der Waals surface area contributed by atoms with Crippen LogP contribution >= 0.6 is 15.6 Å². The van der Waals surface area contributed by atoms with Gasteiger partial charge in [0, 0.05) is 0 Å². The molecule has 4 aromatic rings. The molecule has 26 heteroatoms. The van der Waals surface area contributed by atoms with Gasteiger partial charge >= 0.3 is 15.6 Å². The second kappa shape index (κ2) is 12.0. The Morgan fingerprint density at radius 3 is 2.28 bits per heavy atom. The fraction of sp³-hybridized carbons (Fsp3) is 0.500. The van der Waals surface area contributed by atoms with E-state index in [1.807, 2.05) is 0 Å². The molecule has 9 atom stereocenters. The van der Waals surface area contributed by atoms with Crippen molar-refractivity contribution in [2.24, 2.45) is 0 Å². The zero-order chi connectivity index (χ0) is 33.1. The number of imidazole rings is 2. The number of phosphoric ester groups is 1. The lowest BCUT2D eigenvalue weighted by molar-refractivity contribution is -0.0614. The molecule has 46 heavy (non-hydrogen) atoms. The SMILES string of the molecule is Nc1nc2c(ncn2[C@@H]2O[C@H](COP(=O)(O[C@@H]3[C@H](O)[C@@H](CO)O[C@H]3n3cnc4c(N)ncnc43)OP(=O)(O)O)[C@@H](O)[C@H]2O)c(=O)[nH]1. The molecule has 2 aliphatic heterocycles. The molecule has 250 valence electrons. The number of hydrogen-bond acceptors (Lipinski definition) is 19. The summed E-state index contributed by atoms with van der Waals surface area (Å²) in [5, 5.41) is 42.0. The summed E-state index contributed by atoms with van der Waals surface area (Å²) in [5.74, 6) is -0.304. The average molecular weight is 692 g/mol. The van der Waals surface area contributed by atoms with Crippen LogP contribution in [-0.4, -0.2) is 119 Å². The lowest BCUT2D eigenvalue weighted by atomic mass is 10.1. The van der Waals surface area contributed by atoms with Crippen molar-refractivity contribution in [1.29, 1.82) is 0 Å². The first-order chi connectivity index (χ1) is 21.7. The zero-order valence-corrected chi connectivity index (χ0v) is 24.7. The van der Waals surface area contributed by atoms with Gasteiger partial charge in [-0.3, -0.25) is 28.0 Å². The maximum absolute atomic E-state index is 13.7. The molecule has 0 saturated carbocycles. The van der Waals surface area contributed by atoms with E-state index in [4.69, 9.17) is 30.0 Å². The minimum absolute atomic E-state index is 0.0253. The fourth-order valence-electron chi connectivity index (χ4n) is 5.01. The van der Waals surface area contributed by atoms with Gasteiger partial charge in [-0.05, 0) is 0 Å². The molecular formula is C20H26N10O14P2. The van der Waals surface area contributed by atoms with Crippen LogP contribution in [0.3, 0.4) is 0 Å². The van der Waals surface area contributed by atoms with Gasteiger partial charge in [-0.25, -0.2) is 29.1 Å². The van der Waals surface area contributed by atoms with E-state index < -0.39 is 83.5 Å². The molecule has 24 nitrogen and oxygen atoms in total. The number of nitrogen functional groups attached to an aromatic ring is 2. The second-order valence-corrected chi connectivity index (χ2v) is 13.0. The smallest absolute Gasteiger partial charge is 0.394 e. The van der Waals surface area contributed by atoms with Crippen molar-refractivity contribution in [2.45, 2.75) is 49.1 Å². The predicted molar refractivity (Wildman–Crippen MR) is 147 cm³/mol. The Bertz CT molecular complexity index is 1910. The number of aromatic nitrogens is 8. The van der Waals surface area contributed by atoms with Crippen LogP contribution in [0.15, 0.2) is 23.8 Å². The number of phosphoric acid groups is 2. The van der Waals surface area contributed by atoms with E-state index in [0.29, 0.717) is 0 Å². The van der Waals surface area contributed by atoms with Gasteiger partial charge in [-0.2, -0.15) is 9.29 Å². The van der Waals surface area contributed by atoms with Gasteiger partial charge < -0.3 is 51.2 Å². The maximum Gasteiger partial charge on any atom is 0.484 e. The van der Waals surface area contributed by atoms with Crippen LogP contribution in [0.2, 0.25) is 0 Å². The highest BCUT2D eigenvalue weighted by molar-refractivity contribution is 7.61. The van der Waals surface area contributed by atoms with Crippen LogP contribution in [0.1, 0.15) is 12.5 Å². The largest absolute Gasteiger partial charge is 0.484 e. The lowest BCUT2D eigenvalue weighted by Gasteiger charge is -2.27. The van der Waals surface area contributed by atoms with Gasteiger partial charge in [-0.1, -0.05) is 0 Å². The third kappa shape index (κ3) is 5.91. The summed E-state index contributed by atoms with van der Waals surface area (Å²) in [6, 6.07) is 0. The van der Waals surface area contributed by atoms with E-state index in [0.717, 1.165) is 23.5 Å². The number of nitrogens with two attached hydrogens (primary N) is 2. The van der Waals surface area contributed by atoms with Crippen LogP contribution < -0.4 is 17.0 Å². The van der Waals surface area contributed by atoms with E-state index in [1.165, 1.54) is 4.57 Å². The number of aliphatic hydroxyl groups is 4. The Morgan fingerprint density at radius 1 is 0.913 bits per heavy atom. The summed E-state index contributed by atoms with van der Waals surface area (Å²) in [6.45, 7) is -1.76. The Kier molecular flexibility index (Phi) is 8.43. The Hall–Kier alpha value is -3.48. The highest BCUT2D eigenvalue weighted by Gasteiger charge is 2.52. The molecule has 2 aliphatic rings. The minimum Gasteiger partial charge on any atom is -0.394 e. The Morgan fingerprint density at radius 2 is 1.59 bits per heavy atom. The molecule has 6 heterocycles. The van der Waals surface area contributed by atoms with Gasteiger partial charge in [0.15, 0.2) is 35.1 Å². The van der Waals surface area contributed by atoms with Gasteiger partial charge in [0.2, 0.25) is 5.95 Å². The predicted octanol–water partition coefficient (Wildman–Crippen LogP) is -3.39.